The Bertz CT molecular complexity index is 468. The minimum atomic E-state index is -2.92. The maximum absolute atomic E-state index is 12.3. The van der Waals surface area contributed by atoms with Gasteiger partial charge in [0, 0.05) is 5.92 Å². The van der Waals surface area contributed by atoms with Crippen molar-refractivity contribution >= 4 is 11.6 Å². The van der Waals surface area contributed by atoms with Crippen molar-refractivity contribution in [2.45, 2.75) is 25.9 Å². The van der Waals surface area contributed by atoms with Gasteiger partial charge in [-0.1, -0.05) is 18.6 Å². The average molecular weight is 284 g/mol. The molecule has 20 heavy (non-hydrogen) atoms. The lowest BCUT2D eigenvalue weighted by molar-refractivity contribution is -0.120. The van der Waals surface area contributed by atoms with Gasteiger partial charge < -0.3 is 15.8 Å². The number of para-hydroxylation sites is 2. The van der Waals surface area contributed by atoms with E-state index in [-0.39, 0.29) is 29.2 Å². The molecule has 1 aromatic rings. The molecular formula is C14H18F2N2O2. The van der Waals surface area contributed by atoms with Crippen LogP contribution in [0.1, 0.15) is 19.3 Å². The van der Waals surface area contributed by atoms with E-state index in [0.29, 0.717) is 6.54 Å². The van der Waals surface area contributed by atoms with Gasteiger partial charge in [-0.3, -0.25) is 4.79 Å². The molecule has 0 radical (unpaired) electrons. The van der Waals surface area contributed by atoms with E-state index in [2.05, 4.69) is 10.1 Å². The number of nitrogens with two attached hydrogens (primary N) is 1. The Labute approximate surface area is 116 Å². The van der Waals surface area contributed by atoms with Crippen LogP contribution in [0.2, 0.25) is 0 Å². The Morgan fingerprint density at radius 3 is 2.85 bits per heavy atom. The second-order valence-electron chi connectivity index (χ2n) is 4.90. The summed E-state index contributed by atoms with van der Waals surface area (Å²) >= 11 is 0. The van der Waals surface area contributed by atoms with Crippen LogP contribution in [0.15, 0.2) is 24.3 Å². The van der Waals surface area contributed by atoms with Crippen LogP contribution in [0, 0.1) is 11.8 Å². The molecule has 0 aliphatic heterocycles. The Kier molecular flexibility index (Phi) is 4.89. The van der Waals surface area contributed by atoms with E-state index in [9.17, 15) is 13.6 Å². The lowest BCUT2D eigenvalue weighted by Crippen LogP contribution is -2.29. The van der Waals surface area contributed by atoms with Crippen molar-refractivity contribution in [2.24, 2.45) is 17.6 Å². The highest BCUT2D eigenvalue weighted by Gasteiger charge is 2.32. The molecule has 1 fully saturated rings. The topological polar surface area (TPSA) is 64.4 Å². The highest BCUT2D eigenvalue weighted by atomic mass is 19.3. The molecule has 1 amide bonds. The normalized spacial score (nSPS) is 22.0. The van der Waals surface area contributed by atoms with Gasteiger partial charge in [0.05, 0.1) is 5.69 Å². The van der Waals surface area contributed by atoms with Gasteiger partial charge in [-0.15, -0.1) is 0 Å². The lowest BCUT2D eigenvalue weighted by Gasteiger charge is -2.18. The molecule has 0 aromatic heterocycles. The van der Waals surface area contributed by atoms with E-state index in [1.54, 1.807) is 18.2 Å². The smallest absolute Gasteiger partial charge is 0.387 e. The average Bonchev–Trinajstić information content (AvgIpc) is 2.88. The van der Waals surface area contributed by atoms with Gasteiger partial charge in [0.2, 0.25) is 5.91 Å². The van der Waals surface area contributed by atoms with Crippen LogP contribution in [0.5, 0.6) is 5.75 Å². The fourth-order valence-electron chi connectivity index (χ4n) is 2.66. The number of carbonyl (C=O) groups excluding carboxylic acids is 1. The summed E-state index contributed by atoms with van der Waals surface area (Å²) in [6.07, 6.45) is 2.68. The largest absolute Gasteiger partial charge is 0.433 e. The number of benzene rings is 1. The number of hydrogen-bond acceptors (Lipinski definition) is 3. The van der Waals surface area contributed by atoms with Crippen LogP contribution in [-0.4, -0.2) is 19.1 Å². The van der Waals surface area contributed by atoms with Crippen molar-refractivity contribution in [3.8, 4) is 5.75 Å². The molecule has 2 atom stereocenters. The van der Waals surface area contributed by atoms with E-state index in [0.717, 1.165) is 19.3 Å². The minimum absolute atomic E-state index is 0.0295. The van der Waals surface area contributed by atoms with Crippen LogP contribution < -0.4 is 15.8 Å². The molecule has 2 unspecified atom stereocenters. The Morgan fingerprint density at radius 2 is 2.15 bits per heavy atom. The van der Waals surface area contributed by atoms with Crippen LogP contribution in [0.4, 0.5) is 14.5 Å². The van der Waals surface area contributed by atoms with Crippen molar-refractivity contribution < 1.29 is 18.3 Å². The second-order valence-corrected chi connectivity index (χ2v) is 4.90. The van der Waals surface area contributed by atoms with Gasteiger partial charge in [0.25, 0.3) is 0 Å². The maximum atomic E-state index is 12.3. The first-order chi connectivity index (χ1) is 9.61. The molecule has 0 spiro atoms. The number of hydrogen-bond donors (Lipinski definition) is 2. The van der Waals surface area contributed by atoms with Crippen molar-refractivity contribution in [3.05, 3.63) is 24.3 Å². The zero-order chi connectivity index (χ0) is 14.5. The van der Waals surface area contributed by atoms with Crippen LogP contribution in [0.3, 0.4) is 0 Å². The standard InChI is InChI=1S/C14H18F2N2O2/c15-14(16)20-12-7-2-1-6-11(12)18-13(19)10-5-3-4-9(10)8-17/h1-2,6-7,9-10,14H,3-5,8,17H2,(H,18,19). The second kappa shape index (κ2) is 6.65. The molecule has 0 heterocycles. The van der Waals surface area contributed by atoms with E-state index in [4.69, 9.17) is 5.73 Å². The predicted molar refractivity (Wildman–Crippen MR) is 71.6 cm³/mol. The van der Waals surface area contributed by atoms with Crippen LogP contribution >= 0.6 is 0 Å². The van der Waals surface area contributed by atoms with Gasteiger partial charge in [0.1, 0.15) is 5.75 Å². The Hall–Kier alpha value is -1.69. The van der Waals surface area contributed by atoms with Gasteiger partial charge in [0.15, 0.2) is 0 Å². The highest BCUT2D eigenvalue weighted by Crippen LogP contribution is 2.33. The molecule has 2 rings (SSSR count). The molecule has 6 heteroatoms. The van der Waals surface area contributed by atoms with Gasteiger partial charge in [-0.2, -0.15) is 8.78 Å². The zero-order valence-corrected chi connectivity index (χ0v) is 11.0. The third-order valence-corrected chi connectivity index (χ3v) is 3.66. The number of rotatable bonds is 5. The molecular weight excluding hydrogens is 266 g/mol. The van der Waals surface area contributed by atoms with E-state index < -0.39 is 6.61 Å². The summed E-state index contributed by atoms with van der Waals surface area (Å²) in [6.45, 7) is -2.45. The first-order valence-corrected chi connectivity index (χ1v) is 6.66. The number of ether oxygens (including phenoxy) is 1. The third kappa shape index (κ3) is 3.45. The molecule has 4 nitrogen and oxygen atoms in total. The summed E-state index contributed by atoms with van der Waals surface area (Å²) in [7, 11) is 0. The van der Waals surface area contributed by atoms with E-state index >= 15 is 0 Å². The quantitative estimate of drug-likeness (QED) is 0.873. The zero-order valence-electron chi connectivity index (χ0n) is 11.0. The molecule has 1 aliphatic rings. The first-order valence-electron chi connectivity index (χ1n) is 6.66. The molecule has 1 aromatic carbocycles. The van der Waals surface area contributed by atoms with Crippen molar-refractivity contribution in [2.75, 3.05) is 11.9 Å². The van der Waals surface area contributed by atoms with Crippen molar-refractivity contribution in [1.82, 2.24) is 0 Å². The fourth-order valence-corrected chi connectivity index (χ4v) is 2.66. The van der Waals surface area contributed by atoms with Crippen LogP contribution in [-0.2, 0) is 4.79 Å². The summed E-state index contributed by atoms with van der Waals surface area (Å²) in [5, 5.41) is 2.67. The SMILES string of the molecule is NCC1CCCC1C(=O)Nc1ccccc1OC(F)F. The van der Waals surface area contributed by atoms with Gasteiger partial charge in [-0.05, 0) is 37.4 Å². The summed E-state index contributed by atoms with van der Waals surface area (Å²) in [6, 6.07) is 6.17. The number of amides is 1. The van der Waals surface area contributed by atoms with Gasteiger partial charge in [-0.25, -0.2) is 0 Å². The number of nitrogens with one attached hydrogen (secondary N) is 1. The van der Waals surface area contributed by atoms with Gasteiger partial charge >= 0.3 is 6.61 Å². The molecule has 110 valence electrons. The number of anilines is 1. The monoisotopic (exact) mass is 284 g/mol. The Morgan fingerprint density at radius 1 is 1.40 bits per heavy atom. The number of alkyl halides is 2. The molecule has 1 saturated carbocycles. The number of carbonyl (C=O) groups is 1. The Balaban J connectivity index is 2.07. The highest BCUT2D eigenvalue weighted by molar-refractivity contribution is 5.94. The van der Waals surface area contributed by atoms with Crippen molar-refractivity contribution in [3.63, 3.8) is 0 Å². The molecule has 3 N–H and O–H groups in total. The van der Waals surface area contributed by atoms with Crippen molar-refractivity contribution in [1.29, 1.82) is 0 Å². The van der Waals surface area contributed by atoms with E-state index in [1.807, 2.05) is 0 Å². The predicted octanol–water partition coefficient (Wildman–Crippen LogP) is 2.60. The molecule has 0 bridgehead atoms. The van der Waals surface area contributed by atoms with Crippen LogP contribution in [0.25, 0.3) is 0 Å². The molecule has 0 saturated heterocycles. The first kappa shape index (κ1) is 14.7. The molecule has 1 aliphatic carbocycles. The summed E-state index contributed by atoms with van der Waals surface area (Å²) in [5.74, 6) is -0.195. The number of halogens is 2. The third-order valence-electron chi connectivity index (χ3n) is 3.66. The maximum Gasteiger partial charge on any atom is 0.387 e. The minimum Gasteiger partial charge on any atom is -0.433 e. The van der Waals surface area contributed by atoms with E-state index in [1.165, 1.54) is 6.07 Å². The fraction of sp³-hybridized carbons (Fsp3) is 0.500. The summed E-state index contributed by atoms with van der Waals surface area (Å²) in [5.41, 5.74) is 5.91. The summed E-state index contributed by atoms with van der Waals surface area (Å²) < 4.78 is 29.0. The lowest BCUT2D eigenvalue weighted by atomic mass is 9.95. The summed E-state index contributed by atoms with van der Waals surface area (Å²) in [4.78, 5) is 12.2.